The third kappa shape index (κ3) is 5.94. The fraction of sp³-hybridized carbons (Fsp3) is 0.333. The molecule has 7 nitrogen and oxygen atoms in total. The smallest absolute Gasteiger partial charge is 0.264 e. The number of carbonyl (C=O) groups excluding carboxylic acids is 2. The van der Waals surface area contributed by atoms with Crippen LogP contribution in [0.15, 0.2) is 66.1 Å². The topological polar surface area (TPSA) is 101 Å². The molecule has 2 aromatic rings. The lowest BCUT2D eigenvalue weighted by Crippen LogP contribution is -2.40. The van der Waals surface area contributed by atoms with Crippen molar-refractivity contribution in [2.75, 3.05) is 23.9 Å². The lowest BCUT2D eigenvalue weighted by molar-refractivity contribution is -0.118. The van der Waals surface area contributed by atoms with Gasteiger partial charge < -0.3 is 10.6 Å². The summed E-state index contributed by atoms with van der Waals surface area (Å²) in [4.78, 5) is 26.0. The zero-order valence-corrected chi connectivity index (χ0v) is 19.9. The van der Waals surface area contributed by atoms with Crippen LogP contribution in [-0.2, 0) is 14.8 Å². The summed E-state index contributed by atoms with van der Waals surface area (Å²) in [6.07, 6.45) is 4.17. The van der Waals surface area contributed by atoms with E-state index in [0.717, 1.165) is 12.8 Å². The van der Waals surface area contributed by atoms with Gasteiger partial charge in [0.1, 0.15) is 0 Å². The van der Waals surface area contributed by atoms with Gasteiger partial charge >= 0.3 is 0 Å². The minimum absolute atomic E-state index is 0.00240. The summed E-state index contributed by atoms with van der Waals surface area (Å²) in [7, 11) is -4.00. The SMILES string of the molecule is C=CCN(c1ccccc1Cl)S(=O)(=O)c1cccc(C(=O)N2CCCC(CCC(N)=O)C2)c1. The molecule has 2 amide bonds. The summed E-state index contributed by atoms with van der Waals surface area (Å²) in [6, 6.07) is 12.7. The Bertz CT molecular complexity index is 1140. The van der Waals surface area contributed by atoms with Crippen molar-refractivity contribution in [2.24, 2.45) is 11.7 Å². The summed E-state index contributed by atoms with van der Waals surface area (Å²) in [5.74, 6) is -0.381. The first-order valence-electron chi connectivity index (χ1n) is 10.8. The van der Waals surface area contributed by atoms with E-state index < -0.39 is 10.0 Å². The molecule has 2 N–H and O–H groups in total. The second-order valence-electron chi connectivity index (χ2n) is 8.07. The first kappa shape index (κ1) is 24.8. The molecule has 0 radical (unpaired) electrons. The average Bonchev–Trinajstić information content (AvgIpc) is 2.81. The Labute approximate surface area is 199 Å². The van der Waals surface area contributed by atoms with Crippen LogP contribution >= 0.6 is 11.6 Å². The molecule has 0 aliphatic carbocycles. The lowest BCUT2D eigenvalue weighted by Gasteiger charge is -2.33. The van der Waals surface area contributed by atoms with E-state index in [4.69, 9.17) is 17.3 Å². The number of sulfonamides is 1. The molecule has 0 bridgehead atoms. The van der Waals surface area contributed by atoms with E-state index in [1.807, 2.05) is 0 Å². The number of nitrogens with two attached hydrogens (primary N) is 1. The molecule has 176 valence electrons. The number of nitrogens with zero attached hydrogens (tertiary/aromatic N) is 2. The third-order valence-electron chi connectivity index (χ3n) is 5.69. The summed E-state index contributed by atoms with van der Waals surface area (Å²) in [5, 5.41) is 0.297. The average molecular weight is 490 g/mol. The molecule has 33 heavy (non-hydrogen) atoms. The van der Waals surface area contributed by atoms with Gasteiger partial charge in [0, 0.05) is 25.1 Å². The van der Waals surface area contributed by atoms with Crippen LogP contribution < -0.4 is 10.0 Å². The predicted molar refractivity (Wildman–Crippen MR) is 130 cm³/mol. The van der Waals surface area contributed by atoms with Gasteiger partial charge in [-0.25, -0.2) is 8.42 Å². The summed E-state index contributed by atoms with van der Waals surface area (Å²) >= 11 is 6.26. The number of carbonyl (C=O) groups is 2. The first-order chi connectivity index (χ1) is 15.7. The number of hydrogen-bond acceptors (Lipinski definition) is 4. The van der Waals surface area contributed by atoms with Crippen LogP contribution in [0.2, 0.25) is 5.02 Å². The maximum Gasteiger partial charge on any atom is 0.264 e. The molecule has 0 spiro atoms. The van der Waals surface area contributed by atoms with Gasteiger partial charge in [-0.1, -0.05) is 35.9 Å². The van der Waals surface area contributed by atoms with Crippen LogP contribution in [0.25, 0.3) is 0 Å². The van der Waals surface area contributed by atoms with Crippen molar-refractivity contribution in [3.63, 3.8) is 0 Å². The van der Waals surface area contributed by atoms with E-state index in [2.05, 4.69) is 6.58 Å². The van der Waals surface area contributed by atoms with Crippen LogP contribution in [0.1, 0.15) is 36.0 Å². The Hall–Kier alpha value is -2.84. The number of rotatable bonds is 9. The Kier molecular flexibility index (Phi) is 8.15. The van der Waals surface area contributed by atoms with Crippen LogP contribution in [0.4, 0.5) is 5.69 Å². The molecule has 1 heterocycles. The number of amides is 2. The predicted octanol–water partition coefficient (Wildman–Crippen LogP) is 3.84. The number of halogens is 1. The normalized spacial score (nSPS) is 16.3. The van der Waals surface area contributed by atoms with Crippen molar-refractivity contribution in [2.45, 2.75) is 30.6 Å². The van der Waals surface area contributed by atoms with Gasteiger partial charge in [-0.05, 0) is 55.5 Å². The van der Waals surface area contributed by atoms with Gasteiger partial charge in [0.05, 0.1) is 22.2 Å². The molecule has 9 heteroatoms. The number of hydrogen-bond donors (Lipinski definition) is 1. The highest BCUT2D eigenvalue weighted by molar-refractivity contribution is 7.92. The lowest BCUT2D eigenvalue weighted by atomic mass is 9.93. The van der Waals surface area contributed by atoms with E-state index >= 15 is 0 Å². The summed E-state index contributed by atoms with van der Waals surface area (Å²) < 4.78 is 28.1. The Balaban J connectivity index is 1.86. The van der Waals surface area contributed by atoms with E-state index in [-0.39, 0.29) is 29.2 Å². The van der Waals surface area contributed by atoms with Gasteiger partial charge in [-0.2, -0.15) is 0 Å². The van der Waals surface area contributed by atoms with Crippen molar-refractivity contribution in [3.8, 4) is 0 Å². The molecule has 1 unspecified atom stereocenters. The van der Waals surface area contributed by atoms with Crippen molar-refractivity contribution in [3.05, 3.63) is 71.8 Å². The molecule has 2 aromatic carbocycles. The van der Waals surface area contributed by atoms with E-state index in [1.165, 1.54) is 22.5 Å². The Morgan fingerprint density at radius 1 is 1.21 bits per heavy atom. The fourth-order valence-corrected chi connectivity index (χ4v) is 5.82. The van der Waals surface area contributed by atoms with Crippen LogP contribution in [0.3, 0.4) is 0 Å². The highest BCUT2D eigenvalue weighted by Gasteiger charge is 2.28. The van der Waals surface area contributed by atoms with Gasteiger partial charge in [0.25, 0.3) is 15.9 Å². The zero-order chi connectivity index (χ0) is 24.0. The van der Waals surface area contributed by atoms with Crippen molar-refractivity contribution in [1.29, 1.82) is 0 Å². The molecule has 1 aliphatic heterocycles. The summed E-state index contributed by atoms with van der Waals surface area (Å²) in [5.41, 5.74) is 5.89. The molecule has 1 atom stereocenters. The van der Waals surface area contributed by atoms with E-state index in [9.17, 15) is 18.0 Å². The molecule has 0 aromatic heterocycles. The minimum atomic E-state index is -4.00. The highest BCUT2D eigenvalue weighted by Crippen LogP contribution is 2.31. The van der Waals surface area contributed by atoms with Crippen molar-refractivity contribution >= 4 is 39.1 Å². The van der Waals surface area contributed by atoms with Gasteiger partial charge in [0.15, 0.2) is 0 Å². The monoisotopic (exact) mass is 489 g/mol. The van der Waals surface area contributed by atoms with Crippen molar-refractivity contribution in [1.82, 2.24) is 4.90 Å². The second kappa shape index (κ2) is 10.9. The molecular formula is C24H28ClN3O4S. The maximum absolute atomic E-state index is 13.5. The Morgan fingerprint density at radius 3 is 2.67 bits per heavy atom. The van der Waals surface area contributed by atoms with Gasteiger partial charge in [0.2, 0.25) is 5.91 Å². The summed E-state index contributed by atoms with van der Waals surface area (Å²) in [6.45, 7) is 4.80. The maximum atomic E-state index is 13.5. The van der Waals surface area contributed by atoms with E-state index in [0.29, 0.717) is 42.2 Å². The molecule has 0 saturated carbocycles. The van der Waals surface area contributed by atoms with Crippen LogP contribution in [-0.4, -0.2) is 44.8 Å². The quantitative estimate of drug-likeness (QED) is 0.541. The highest BCUT2D eigenvalue weighted by atomic mass is 35.5. The number of benzene rings is 2. The zero-order valence-electron chi connectivity index (χ0n) is 18.3. The number of likely N-dealkylation sites (tertiary alicyclic amines) is 1. The van der Waals surface area contributed by atoms with Gasteiger partial charge in [-0.15, -0.1) is 6.58 Å². The molecule has 3 rings (SSSR count). The fourth-order valence-electron chi connectivity index (χ4n) is 4.03. The van der Waals surface area contributed by atoms with Crippen molar-refractivity contribution < 1.29 is 18.0 Å². The number of para-hydroxylation sites is 1. The third-order valence-corrected chi connectivity index (χ3v) is 7.79. The number of primary amides is 1. The van der Waals surface area contributed by atoms with Gasteiger partial charge in [-0.3, -0.25) is 13.9 Å². The molecular weight excluding hydrogens is 462 g/mol. The minimum Gasteiger partial charge on any atom is -0.370 e. The van der Waals surface area contributed by atoms with Crippen LogP contribution in [0, 0.1) is 5.92 Å². The molecule has 1 fully saturated rings. The standard InChI is InChI=1S/C24H28ClN3O4S/c1-2-14-28(22-11-4-3-10-21(22)25)33(31,32)20-9-5-8-19(16-20)24(30)27-15-6-7-18(17-27)12-13-23(26)29/h2-5,8-11,16,18H,1,6-7,12-15,17H2,(H2,26,29). The number of piperidine rings is 1. The number of anilines is 1. The van der Waals surface area contributed by atoms with E-state index in [1.54, 1.807) is 41.3 Å². The molecule has 1 aliphatic rings. The second-order valence-corrected chi connectivity index (χ2v) is 10.3. The molecule has 1 saturated heterocycles. The largest absolute Gasteiger partial charge is 0.370 e. The Morgan fingerprint density at radius 2 is 1.97 bits per heavy atom. The van der Waals surface area contributed by atoms with Crippen LogP contribution in [0.5, 0.6) is 0 Å². The first-order valence-corrected chi connectivity index (χ1v) is 12.6.